The lowest BCUT2D eigenvalue weighted by Crippen LogP contribution is -2.31. The second kappa shape index (κ2) is 7.47. The molecule has 3 aromatic carbocycles. The van der Waals surface area contributed by atoms with Gasteiger partial charge in [-0.15, -0.1) is 0 Å². The van der Waals surface area contributed by atoms with Gasteiger partial charge in [0.05, 0.1) is 21.7 Å². The van der Waals surface area contributed by atoms with Gasteiger partial charge in [0.15, 0.2) is 0 Å². The van der Waals surface area contributed by atoms with Crippen LogP contribution in [0.1, 0.15) is 5.56 Å². The number of aromatic nitrogens is 1. The molecule has 4 aromatic rings. The summed E-state index contributed by atoms with van der Waals surface area (Å²) in [5.41, 5.74) is 1.01. The molecule has 5 rings (SSSR count). The predicted octanol–water partition coefficient (Wildman–Crippen LogP) is 4.40. The van der Waals surface area contributed by atoms with E-state index in [2.05, 4.69) is 0 Å². The van der Waals surface area contributed by atoms with Crippen LogP contribution in [0.15, 0.2) is 101 Å². The van der Waals surface area contributed by atoms with E-state index < -0.39 is 21.8 Å². The Balaban J connectivity index is 1.71. The van der Waals surface area contributed by atoms with Crippen molar-refractivity contribution in [2.75, 3.05) is 4.90 Å². The third-order valence-electron chi connectivity index (χ3n) is 5.29. The molecule has 0 spiro atoms. The second-order valence-electron chi connectivity index (χ2n) is 7.14. The summed E-state index contributed by atoms with van der Waals surface area (Å²) in [6.07, 6.45) is 1.35. The van der Waals surface area contributed by atoms with Crippen molar-refractivity contribution in [3.63, 3.8) is 0 Å². The number of rotatable bonds is 4. The average Bonchev–Trinajstić information content (AvgIpc) is 3.30. The van der Waals surface area contributed by atoms with E-state index in [-0.39, 0.29) is 21.1 Å². The predicted molar refractivity (Wildman–Crippen MR) is 123 cm³/mol. The molecule has 2 heterocycles. The lowest BCUT2D eigenvalue weighted by molar-refractivity contribution is -0.119. The highest BCUT2D eigenvalue weighted by molar-refractivity contribution is 7.90. The quantitative estimate of drug-likeness (QED) is 0.421. The first-order valence-corrected chi connectivity index (χ1v) is 11.5. The molecule has 1 aliphatic heterocycles. The van der Waals surface area contributed by atoms with E-state index >= 15 is 0 Å². The molecule has 0 saturated carbocycles. The Morgan fingerprint density at radius 1 is 0.719 bits per heavy atom. The normalized spacial score (nSPS) is 14.6. The number of amides is 2. The van der Waals surface area contributed by atoms with E-state index in [1.807, 2.05) is 0 Å². The summed E-state index contributed by atoms with van der Waals surface area (Å²) >= 11 is 6.35. The minimum absolute atomic E-state index is 0.0290. The average molecular weight is 463 g/mol. The smallest absolute Gasteiger partial charge is 0.268 e. The molecule has 32 heavy (non-hydrogen) atoms. The molecule has 0 radical (unpaired) electrons. The first-order chi connectivity index (χ1) is 15.4. The number of hydrogen-bond donors (Lipinski definition) is 0. The van der Waals surface area contributed by atoms with Crippen LogP contribution in [0.5, 0.6) is 0 Å². The van der Waals surface area contributed by atoms with E-state index in [4.69, 9.17) is 11.6 Å². The maximum Gasteiger partial charge on any atom is 0.277 e. The van der Waals surface area contributed by atoms with Crippen LogP contribution in [0.3, 0.4) is 0 Å². The van der Waals surface area contributed by atoms with Crippen LogP contribution in [0.25, 0.3) is 16.5 Å². The fourth-order valence-electron chi connectivity index (χ4n) is 3.80. The number of imide groups is 1. The van der Waals surface area contributed by atoms with Gasteiger partial charge in [-0.2, -0.15) is 0 Å². The molecule has 6 nitrogen and oxygen atoms in total. The Morgan fingerprint density at radius 3 is 2.00 bits per heavy atom. The van der Waals surface area contributed by atoms with Crippen molar-refractivity contribution in [3.05, 3.63) is 102 Å². The number of halogens is 1. The molecule has 0 atom stereocenters. The molecular weight excluding hydrogens is 448 g/mol. The second-order valence-corrected chi connectivity index (χ2v) is 9.34. The molecule has 2 amide bonds. The summed E-state index contributed by atoms with van der Waals surface area (Å²) < 4.78 is 27.8. The van der Waals surface area contributed by atoms with Crippen molar-refractivity contribution in [1.29, 1.82) is 0 Å². The summed E-state index contributed by atoms with van der Waals surface area (Å²) in [5.74, 6) is -1.26. The van der Waals surface area contributed by atoms with E-state index in [1.54, 1.807) is 72.8 Å². The lowest BCUT2D eigenvalue weighted by atomic mass is 10.1. The number of para-hydroxylation sites is 2. The summed E-state index contributed by atoms with van der Waals surface area (Å²) in [4.78, 5) is 27.3. The van der Waals surface area contributed by atoms with Crippen LogP contribution < -0.4 is 4.90 Å². The molecule has 0 bridgehead atoms. The molecule has 1 aliphatic rings. The fourth-order valence-corrected chi connectivity index (χ4v) is 5.46. The van der Waals surface area contributed by atoms with Crippen molar-refractivity contribution in [1.82, 2.24) is 3.97 Å². The number of fused-ring (bicyclic) bond motifs is 1. The zero-order chi connectivity index (χ0) is 22.5. The summed E-state index contributed by atoms with van der Waals surface area (Å²) in [5, 5.41) is 0.245. The van der Waals surface area contributed by atoms with E-state index in [1.165, 1.54) is 18.3 Å². The lowest BCUT2D eigenvalue weighted by Gasteiger charge is -2.14. The highest BCUT2D eigenvalue weighted by atomic mass is 35.5. The molecule has 158 valence electrons. The van der Waals surface area contributed by atoms with Crippen LogP contribution in [-0.4, -0.2) is 24.2 Å². The molecule has 0 aliphatic carbocycles. The number of benzene rings is 3. The third kappa shape index (κ3) is 2.97. The van der Waals surface area contributed by atoms with Gasteiger partial charge in [0.1, 0.15) is 5.03 Å². The van der Waals surface area contributed by atoms with Crippen LogP contribution in [0.2, 0.25) is 0 Å². The molecule has 0 fully saturated rings. The number of hydrogen-bond acceptors (Lipinski definition) is 4. The van der Waals surface area contributed by atoms with Crippen LogP contribution in [0, 0.1) is 0 Å². The molecular formula is C24H15ClN2O4S. The maximum absolute atomic E-state index is 13.3. The highest BCUT2D eigenvalue weighted by Crippen LogP contribution is 2.39. The fraction of sp³-hybridized carbons (Fsp3) is 0. The molecule has 1 aromatic heterocycles. The van der Waals surface area contributed by atoms with Crippen molar-refractivity contribution < 1.29 is 18.0 Å². The van der Waals surface area contributed by atoms with Gasteiger partial charge in [0, 0.05) is 17.1 Å². The van der Waals surface area contributed by atoms with Gasteiger partial charge in [-0.1, -0.05) is 66.2 Å². The molecule has 0 N–H and O–H groups in total. The zero-order valence-corrected chi connectivity index (χ0v) is 18.0. The van der Waals surface area contributed by atoms with E-state index in [0.29, 0.717) is 16.6 Å². The Labute approximate surface area is 189 Å². The first kappa shape index (κ1) is 20.2. The van der Waals surface area contributed by atoms with Crippen molar-refractivity contribution in [3.8, 4) is 0 Å². The molecule has 0 saturated heterocycles. The van der Waals surface area contributed by atoms with Gasteiger partial charge in [-0.05, 0) is 30.3 Å². The largest absolute Gasteiger partial charge is 0.277 e. The summed E-state index contributed by atoms with van der Waals surface area (Å²) in [6, 6.07) is 23.2. The highest BCUT2D eigenvalue weighted by Gasteiger charge is 2.40. The van der Waals surface area contributed by atoms with Gasteiger partial charge in [0.25, 0.3) is 21.8 Å². The van der Waals surface area contributed by atoms with Gasteiger partial charge in [-0.25, -0.2) is 17.3 Å². The standard InChI is InChI=1S/C24H15ClN2O4S/c25-22-21(23(28)27(24(22)29)16-9-3-1-4-10-16)19-15-26(20-14-8-7-13-18(19)20)32(30,31)17-11-5-2-6-12-17/h1-15H. The van der Waals surface area contributed by atoms with Crippen molar-refractivity contribution in [2.24, 2.45) is 0 Å². The van der Waals surface area contributed by atoms with Gasteiger partial charge in [-0.3, -0.25) is 9.59 Å². The van der Waals surface area contributed by atoms with Crippen molar-refractivity contribution in [2.45, 2.75) is 4.90 Å². The first-order valence-electron chi connectivity index (χ1n) is 9.66. The number of nitrogens with zero attached hydrogens (tertiary/aromatic N) is 2. The van der Waals surface area contributed by atoms with Crippen molar-refractivity contribution >= 4 is 55.6 Å². The Bertz CT molecular complexity index is 1520. The Kier molecular flexibility index (Phi) is 4.73. The number of carbonyl (C=O) groups excluding carboxylic acids is 2. The molecule has 0 unspecified atom stereocenters. The monoisotopic (exact) mass is 462 g/mol. The van der Waals surface area contributed by atoms with E-state index in [9.17, 15) is 18.0 Å². The summed E-state index contributed by atoms with van der Waals surface area (Å²) in [6.45, 7) is 0. The SMILES string of the molecule is O=C1C(Cl)=C(c2cn(S(=O)(=O)c3ccccc3)c3ccccc23)C(=O)N1c1ccccc1. The minimum Gasteiger partial charge on any atom is -0.268 e. The van der Waals surface area contributed by atoms with E-state index in [0.717, 1.165) is 8.87 Å². The topological polar surface area (TPSA) is 76.5 Å². The third-order valence-corrected chi connectivity index (χ3v) is 7.33. The number of anilines is 1. The zero-order valence-electron chi connectivity index (χ0n) is 16.5. The Hall–Kier alpha value is -3.68. The van der Waals surface area contributed by atoms with Gasteiger partial charge >= 0.3 is 0 Å². The van der Waals surface area contributed by atoms with Crippen LogP contribution in [0.4, 0.5) is 5.69 Å². The minimum atomic E-state index is -3.95. The van der Waals surface area contributed by atoms with Crippen LogP contribution >= 0.6 is 11.6 Å². The molecule has 8 heteroatoms. The maximum atomic E-state index is 13.3. The summed E-state index contributed by atoms with van der Waals surface area (Å²) in [7, 11) is -3.95. The van der Waals surface area contributed by atoms with Crippen LogP contribution in [-0.2, 0) is 19.6 Å². The number of carbonyl (C=O) groups is 2. The Morgan fingerprint density at radius 2 is 1.31 bits per heavy atom. The van der Waals surface area contributed by atoms with Gasteiger partial charge < -0.3 is 0 Å². The van der Waals surface area contributed by atoms with Gasteiger partial charge in [0.2, 0.25) is 0 Å².